The van der Waals surface area contributed by atoms with Crippen LogP contribution in [0.25, 0.3) is 16.2 Å². The highest BCUT2D eigenvalue weighted by atomic mass is 32.1. The number of aromatic nitrogens is 5. The van der Waals surface area contributed by atoms with Gasteiger partial charge in [0, 0.05) is 35.3 Å². The van der Waals surface area contributed by atoms with Gasteiger partial charge in [-0.25, -0.2) is 14.5 Å². The van der Waals surface area contributed by atoms with Crippen LogP contribution in [0, 0.1) is 6.92 Å². The summed E-state index contributed by atoms with van der Waals surface area (Å²) in [5.41, 5.74) is 3.54. The van der Waals surface area contributed by atoms with Crippen molar-refractivity contribution in [3.8, 4) is 11.3 Å². The summed E-state index contributed by atoms with van der Waals surface area (Å²) in [4.78, 5) is 24.6. The summed E-state index contributed by atoms with van der Waals surface area (Å²) in [6.45, 7) is 3.38. The van der Waals surface area contributed by atoms with Crippen molar-refractivity contribution in [3.63, 3.8) is 0 Å². The number of nitrogens with zero attached hydrogens (tertiary/aromatic N) is 5. The van der Waals surface area contributed by atoms with E-state index in [4.69, 9.17) is 0 Å². The maximum atomic E-state index is 11.1. The van der Waals surface area contributed by atoms with Gasteiger partial charge in [0.1, 0.15) is 12.1 Å². The molecule has 0 radical (unpaired) electrons. The molecule has 0 unspecified atom stereocenters. The van der Waals surface area contributed by atoms with Crippen LogP contribution in [-0.2, 0) is 4.79 Å². The summed E-state index contributed by atoms with van der Waals surface area (Å²) in [5.74, 6) is 1.03. The highest BCUT2D eigenvalue weighted by Crippen LogP contribution is 2.27. The van der Waals surface area contributed by atoms with Crippen LogP contribution in [0.5, 0.6) is 0 Å². The van der Waals surface area contributed by atoms with Gasteiger partial charge in [-0.3, -0.25) is 4.79 Å². The predicted molar refractivity (Wildman–Crippen MR) is 101 cm³/mol. The average molecular weight is 365 g/mol. The van der Waals surface area contributed by atoms with E-state index in [9.17, 15) is 4.79 Å². The van der Waals surface area contributed by atoms with Gasteiger partial charge < -0.3 is 10.6 Å². The van der Waals surface area contributed by atoms with Crippen LogP contribution in [0.4, 0.5) is 17.5 Å². The zero-order chi connectivity index (χ0) is 18.1. The first kappa shape index (κ1) is 16.2. The van der Waals surface area contributed by atoms with Crippen molar-refractivity contribution in [2.75, 3.05) is 10.6 Å². The van der Waals surface area contributed by atoms with Gasteiger partial charge in [0.05, 0.1) is 5.69 Å². The highest BCUT2D eigenvalue weighted by Gasteiger charge is 2.12. The van der Waals surface area contributed by atoms with Gasteiger partial charge in [-0.2, -0.15) is 4.98 Å². The molecule has 26 heavy (non-hydrogen) atoms. The Morgan fingerprint density at radius 3 is 2.73 bits per heavy atom. The molecule has 3 heterocycles. The van der Waals surface area contributed by atoms with Crippen molar-refractivity contribution in [1.82, 2.24) is 24.6 Å². The zero-order valence-corrected chi connectivity index (χ0v) is 14.9. The van der Waals surface area contributed by atoms with Crippen LogP contribution in [0.15, 0.2) is 42.0 Å². The quantitative estimate of drug-likeness (QED) is 0.576. The number of fused-ring (bicyclic) bond motifs is 1. The molecule has 3 aromatic heterocycles. The number of aryl methyl sites for hydroxylation is 1. The molecule has 0 saturated heterocycles. The van der Waals surface area contributed by atoms with Gasteiger partial charge >= 0.3 is 0 Å². The molecule has 8 nitrogen and oxygen atoms in total. The van der Waals surface area contributed by atoms with Gasteiger partial charge in [0.2, 0.25) is 16.8 Å². The number of hydrogen-bond donors (Lipinski definition) is 2. The van der Waals surface area contributed by atoms with Gasteiger partial charge in [-0.15, -0.1) is 16.4 Å². The van der Waals surface area contributed by atoms with Gasteiger partial charge in [0.15, 0.2) is 0 Å². The first-order valence-electron chi connectivity index (χ1n) is 7.86. The van der Waals surface area contributed by atoms with Crippen LogP contribution in [0.2, 0.25) is 0 Å². The SMILES string of the molecule is CC(=O)Nc1ccc(-c2csc3nc(Nc4cc(C)ncn4)nn23)cc1. The third-order valence-corrected chi connectivity index (χ3v) is 4.44. The maximum absolute atomic E-state index is 11.1. The molecule has 0 aliphatic carbocycles. The normalized spacial score (nSPS) is 10.8. The molecular weight excluding hydrogens is 350 g/mol. The fourth-order valence-electron chi connectivity index (χ4n) is 2.50. The summed E-state index contributed by atoms with van der Waals surface area (Å²) in [7, 11) is 0. The molecule has 1 aromatic carbocycles. The molecule has 130 valence electrons. The van der Waals surface area contributed by atoms with Crippen LogP contribution in [0.1, 0.15) is 12.6 Å². The molecule has 0 aliphatic heterocycles. The lowest BCUT2D eigenvalue weighted by molar-refractivity contribution is -0.114. The minimum Gasteiger partial charge on any atom is -0.326 e. The lowest BCUT2D eigenvalue weighted by Crippen LogP contribution is -2.05. The second kappa shape index (κ2) is 6.52. The smallest absolute Gasteiger partial charge is 0.249 e. The predicted octanol–water partition coefficient (Wildman–Crippen LogP) is 3.26. The second-order valence-corrected chi connectivity index (χ2v) is 6.52. The molecule has 0 atom stereocenters. The van der Waals surface area contributed by atoms with E-state index in [1.54, 1.807) is 4.52 Å². The number of carbonyl (C=O) groups is 1. The molecule has 1 amide bonds. The largest absolute Gasteiger partial charge is 0.326 e. The van der Waals surface area contributed by atoms with Gasteiger partial charge in [-0.1, -0.05) is 12.1 Å². The summed E-state index contributed by atoms with van der Waals surface area (Å²) >= 11 is 1.51. The zero-order valence-electron chi connectivity index (χ0n) is 14.1. The number of anilines is 3. The monoisotopic (exact) mass is 365 g/mol. The molecular formula is C17H15N7OS. The van der Waals surface area contributed by atoms with Crippen molar-refractivity contribution in [3.05, 3.63) is 47.7 Å². The van der Waals surface area contributed by atoms with Crippen LogP contribution in [-0.4, -0.2) is 30.5 Å². The Labute approximate surface area is 153 Å². The summed E-state index contributed by atoms with van der Waals surface area (Å²) in [6.07, 6.45) is 1.50. The molecule has 0 spiro atoms. The van der Waals surface area contributed by atoms with Crippen LogP contribution < -0.4 is 10.6 Å². The Morgan fingerprint density at radius 1 is 1.19 bits per heavy atom. The number of hydrogen-bond acceptors (Lipinski definition) is 7. The van der Waals surface area contributed by atoms with E-state index in [0.29, 0.717) is 11.8 Å². The van der Waals surface area contributed by atoms with Crippen molar-refractivity contribution >= 4 is 39.7 Å². The van der Waals surface area contributed by atoms with Crippen LogP contribution >= 0.6 is 11.3 Å². The highest BCUT2D eigenvalue weighted by molar-refractivity contribution is 7.15. The fraction of sp³-hybridized carbons (Fsp3) is 0.118. The second-order valence-electron chi connectivity index (χ2n) is 5.68. The molecule has 4 rings (SSSR count). The van der Waals surface area contributed by atoms with E-state index >= 15 is 0 Å². The summed E-state index contributed by atoms with van der Waals surface area (Å²) in [5, 5.41) is 12.4. The number of amides is 1. The Balaban J connectivity index is 1.62. The number of thiazole rings is 1. The molecule has 0 bridgehead atoms. The van der Waals surface area contributed by atoms with Crippen molar-refractivity contribution in [2.45, 2.75) is 13.8 Å². The summed E-state index contributed by atoms with van der Waals surface area (Å²) < 4.78 is 1.79. The van der Waals surface area contributed by atoms with E-state index in [-0.39, 0.29) is 5.91 Å². The van der Waals surface area contributed by atoms with E-state index in [2.05, 4.69) is 30.7 Å². The average Bonchev–Trinajstić information content (AvgIpc) is 3.15. The number of nitrogens with one attached hydrogen (secondary N) is 2. The van der Waals surface area contributed by atoms with Gasteiger partial charge in [0.25, 0.3) is 0 Å². The Kier molecular flexibility index (Phi) is 4.05. The molecule has 0 fully saturated rings. The fourth-order valence-corrected chi connectivity index (χ4v) is 3.33. The molecule has 2 N–H and O–H groups in total. The van der Waals surface area contributed by atoms with Crippen LogP contribution in [0.3, 0.4) is 0 Å². The third-order valence-electron chi connectivity index (χ3n) is 3.63. The molecule has 0 saturated carbocycles. The first-order valence-corrected chi connectivity index (χ1v) is 8.74. The first-order chi connectivity index (χ1) is 12.6. The van der Waals surface area contributed by atoms with Gasteiger partial charge in [-0.05, 0) is 19.1 Å². The Morgan fingerprint density at radius 2 is 2.00 bits per heavy atom. The Hall–Kier alpha value is -3.33. The van der Waals surface area contributed by atoms with E-state index in [1.807, 2.05) is 42.6 Å². The molecule has 0 aliphatic rings. The molecule has 4 aromatic rings. The third kappa shape index (κ3) is 3.24. The molecule has 9 heteroatoms. The van der Waals surface area contributed by atoms with E-state index < -0.39 is 0 Å². The number of rotatable bonds is 4. The lowest BCUT2D eigenvalue weighted by atomic mass is 10.1. The van der Waals surface area contributed by atoms with Crippen molar-refractivity contribution in [1.29, 1.82) is 0 Å². The Bertz CT molecular complexity index is 1080. The van der Waals surface area contributed by atoms with E-state index in [1.165, 1.54) is 24.6 Å². The van der Waals surface area contributed by atoms with Crippen molar-refractivity contribution < 1.29 is 4.79 Å². The number of carbonyl (C=O) groups excluding carboxylic acids is 1. The van der Waals surface area contributed by atoms with Crippen molar-refractivity contribution in [2.24, 2.45) is 0 Å². The minimum atomic E-state index is -0.0948. The summed E-state index contributed by atoms with van der Waals surface area (Å²) in [6, 6.07) is 9.43. The topological polar surface area (TPSA) is 97.1 Å². The standard InChI is InChI=1S/C17H15N7OS/c1-10-7-15(19-9-18-10)21-16-22-17-24(23-16)14(8-26-17)12-3-5-13(6-4-12)20-11(2)25/h3-9H,1-2H3,(H,20,25)(H,18,19,21,23). The number of benzene rings is 1. The minimum absolute atomic E-state index is 0.0948. The van der Waals surface area contributed by atoms with E-state index in [0.717, 1.165) is 27.6 Å². The lowest BCUT2D eigenvalue weighted by Gasteiger charge is -2.03. The maximum Gasteiger partial charge on any atom is 0.249 e.